The molecule has 1 aromatic carbocycles. The van der Waals surface area contributed by atoms with E-state index in [0.29, 0.717) is 12.3 Å². The molecule has 1 unspecified atom stereocenters. The summed E-state index contributed by atoms with van der Waals surface area (Å²) in [7, 11) is 0. The molecule has 1 fully saturated rings. The lowest BCUT2D eigenvalue weighted by Crippen LogP contribution is -2.51. The van der Waals surface area contributed by atoms with Gasteiger partial charge in [0.15, 0.2) is 0 Å². The molecule has 0 aromatic heterocycles. The van der Waals surface area contributed by atoms with Crippen LogP contribution in [0.4, 0.5) is 5.69 Å². The third kappa shape index (κ3) is 2.09. The topological polar surface area (TPSA) is 41.1 Å². The molecule has 0 radical (unpaired) electrons. The maximum Gasteiger partial charge on any atom is 0.221 e. The minimum absolute atomic E-state index is 0.0721. The van der Waals surface area contributed by atoms with Gasteiger partial charge in [-0.25, -0.2) is 0 Å². The quantitative estimate of drug-likeness (QED) is 0.858. The first-order valence-corrected chi connectivity index (χ1v) is 6.80. The van der Waals surface area contributed by atoms with Crippen LogP contribution in [-0.4, -0.2) is 18.0 Å². The molecular weight excluding hydrogens is 224 g/mol. The van der Waals surface area contributed by atoms with Gasteiger partial charge in [0.2, 0.25) is 5.91 Å². The fraction of sp³-hybridized carbons (Fsp3) is 0.533. The van der Waals surface area contributed by atoms with Gasteiger partial charge in [0.25, 0.3) is 0 Å². The van der Waals surface area contributed by atoms with Crippen LogP contribution in [0.2, 0.25) is 0 Å². The number of hydrogen-bond acceptors (Lipinski definition) is 2. The highest BCUT2D eigenvalue weighted by atomic mass is 16.1. The molecule has 1 aromatic rings. The molecule has 0 bridgehead atoms. The number of anilines is 1. The Kier molecular flexibility index (Phi) is 2.77. The van der Waals surface area contributed by atoms with Crippen molar-refractivity contribution in [3.63, 3.8) is 0 Å². The van der Waals surface area contributed by atoms with Gasteiger partial charge in [0.1, 0.15) is 0 Å². The van der Waals surface area contributed by atoms with Gasteiger partial charge in [0.05, 0.1) is 0 Å². The van der Waals surface area contributed by atoms with Crippen molar-refractivity contribution in [2.75, 3.05) is 11.9 Å². The van der Waals surface area contributed by atoms with Crippen molar-refractivity contribution in [2.45, 2.75) is 44.1 Å². The summed E-state index contributed by atoms with van der Waals surface area (Å²) in [6.45, 7) is 3.03. The maximum absolute atomic E-state index is 12.1. The van der Waals surface area contributed by atoms with E-state index in [1.165, 1.54) is 17.7 Å². The van der Waals surface area contributed by atoms with Gasteiger partial charge in [-0.2, -0.15) is 0 Å². The molecule has 2 aliphatic rings. The summed E-state index contributed by atoms with van der Waals surface area (Å²) in [4.78, 5) is 12.1. The highest BCUT2D eigenvalue weighted by molar-refractivity contribution is 5.79. The Hall–Kier alpha value is -1.51. The van der Waals surface area contributed by atoms with E-state index in [9.17, 15) is 4.79 Å². The Bertz CT molecular complexity index is 465. The van der Waals surface area contributed by atoms with E-state index in [1.807, 2.05) is 12.1 Å². The summed E-state index contributed by atoms with van der Waals surface area (Å²) < 4.78 is 0. The standard InChI is InChI=1S/C15H20N2O/c1-15(7-4-8-15)17-14(18)9-11-10-16-13-6-3-2-5-12(11)13/h2-3,5-6,11,16H,4,7-10H2,1H3,(H,17,18). The lowest BCUT2D eigenvalue weighted by molar-refractivity contribution is -0.124. The molecule has 1 heterocycles. The smallest absolute Gasteiger partial charge is 0.221 e. The number of carbonyl (C=O) groups excluding carboxylic acids is 1. The summed E-state index contributed by atoms with van der Waals surface area (Å²) in [5.41, 5.74) is 2.54. The zero-order valence-electron chi connectivity index (χ0n) is 10.8. The Labute approximate surface area is 108 Å². The van der Waals surface area contributed by atoms with Gasteiger partial charge in [-0.15, -0.1) is 0 Å². The molecule has 0 spiro atoms. The summed E-state index contributed by atoms with van der Waals surface area (Å²) in [6, 6.07) is 8.28. The predicted octanol–water partition coefficient (Wildman–Crippen LogP) is 2.64. The van der Waals surface area contributed by atoms with Gasteiger partial charge in [-0.3, -0.25) is 4.79 Å². The summed E-state index contributed by atoms with van der Waals surface area (Å²) in [5, 5.41) is 6.55. The molecule has 3 nitrogen and oxygen atoms in total. The van der Waals surface area contributed by atoms with Crippen LogP contribution in [0, 0.1) is 0 Å². The zero-order valence-corrected chi connectivity index (χ0v) is 10.8. The molecule has 1 saturated carbocycles. The van der Waals surface area contributed by atoms with E-state index in [-0.39, 0.29) is 11.4 Å². The average Bonchev–Trinajstić information content (AvgIpc) is 2.71. The van der Waals surface area contributed by atoms with Gasteiger partial charge >= 0.3 is 0 Å². The number of nitrogens with one attached hydrogen (secondary N) is 2. The first-order chi connectivity index (χ1) is 8.66. The lowest BCUT2D eigenvalue weighted by atomic mass is 9.78. The molecular formula is C15H20N2O. The van der Waals surface area contributed by atoms with Crippen molar-refractivity contribution < 1.29 is 4.79 Å². The summed E-state index contributed by atoms with van der Waals surface area (Å²) in [6.07, 6.45) is 4.08. The van der Waals surface area contributed by atoms with Crippen molar-refractivity contribution in [2.24, 2.45) is 0 Å². The molecule has 96 valence electrons. The minimum Gasteiger partial charge on any atom is -0.384 e. The summed E-state index contributed by atoms with van der Waals surface area (Å²) in [5.74, 6) is 0.519. The first-order valence-electron chi connectivity index (χ1n) is 6.80. The van der Waals surface area contributed by atoms with Crippen molar-refractivity contribution in [3.05, 3.63) is 29.8 Å². The predicted molar refractivity (Wildman–Crippen MR) is 72.7 cm³/mol. The second kappa shape index (κ2) is 4.30. The molecule has 3 heteroatoms. The second-order valence-corrected chi connectivity index (χ2v) is 5.83. The van der Waals surface area contributed by atoms with Gasteiger partial charge in [0, 0.05) is 30.1 Å². The molecule has 3 rings (SSSR count). The van der Waals surface area contributed by atoms with Crippen LogP contribution in [0.5, 0.6) is 0 Å². The number of amides is 1. The zero-order chi connectivity index (χ0) is 12.6. The molecule has 1 aliphatic heterocycles. The largest absolute Gasteiger partial charge is 0.384 e. The molecule has 1 atom stereocenters. The molecule has 1 amide bonds. The van der Waals surface area contributed by atoms with E-state index >= 15 is 0 Å². The van der Waals surface area contributed by atoms with E-state index in [0.717, 1.165) is 19.4 Å². The van der Waals surface area contributed by atoms with Crippen molar-refractivity contribution in [1.29, 1.82) is 0 Å². The number of carbonyl (C=O) groups is 1. The van der Waals surface area contributed by atoms with Crippen LogP contribution in [0.25, 0.3) is 0 Å². The molecule has 0 saturated heterocycles. The number of benzene rings is 1. The number of para-hydroxylation sites is 1. The monoisotopic (exact) mass is 244 g/mol. The van der Waals surface area contributed by atoms with E-state index in [1.54, 1.807) is 0 Å². The third-order valence-corrected chi connectivity index (χ3v) is 4.27. The van der Waals surface area contributed by atoms with Gasteiger partial charge < -0.3 is 10.6 Å². The fourth-order valence-corrected chi connectivity index (χ4v) is 2.98. The van der Waals surface area contributed by atoms with Crippen LogP contribution in [-0.2, 0) is 4.79 Å². The fourth-order valence-electron chi connectivity index (χ4n) is 2.98. The van der Waals surface area contributed by atoms with Crippen LogP contribution in [0.1, 0.15) is 44.1 Å². The van der Waals surface area contributed by atoms with E-state index < -0.39 is 0 Å². The SMILES string of the molecule is CC1(NC(=O)CC2CNc3ccccc32)CCC1. The highest BCUT2D eigenvalue weighted by Crippen LogP contribution is 2.34. The van der Waals surface area contributed by atoms with Crippen molar-refractivity contribution >= 4 is 11.6 Å². The van der Waals surface area contributed by atoms with Crippen LogP contribution in [0.3, 0.4) is 0 Å². The lowest BCUT2D eigenvalue weighted by Gasteiger charge is -2.39. The molecule has 2 N–H and O–H groups in total. The Morgan fingerprint density at radius 2 is 2.22 bits per heavy atom. The van der Waals surface area contributed by atoms with Crippen LogP contribution < -0.4 is 10.6 Å². The van der Waals surface area contributed by atoms with Crippen molar-refractivity contribution in [3.8, 4) is 0 Å². The summed E-state index contributed by atoms with van der Waals surface area (Å²) >= 11 is 0. The van der Waals surface area contributed by atoms with Crippen LogP contribution >= 0.6 is 0 Å². The number of rotatable bonds is 3. The number of fused-ring (bicyclic) bond motifs is 1. The van der Waals surface area contributed by atoms with Gasteiger partial charge in [-0.05, 0) is 37.8 Å². The van der Waals surface area contributed by atoms with Crippen LogP contribution in [0.15, 0.2) is 24.3 Å². The Balaban J connectivity index is 1.62. The van der Waals surface area contributed by atoms with Crippen molar-refractivity contribution in [1.82, 2.24) is 5.32 Å². The normalized spacial score (nSPS) is 23.7. The minimum atomic E-state index is 0.0721. The first kappa shape index (κ1) is 11.6. The molecule has 18 heavy (non-hydrogen) atoms. The Morgan fingerprint density at radius 3 is 2.94 bits per heavy atom. The van der Waals surface area contributed by atoms with E-state index in [4.69, 9.17) is 0 Å². The van der Waals surface area contributed by atoms with Gasteiger partial charge in [-0.1, -0.05) is 18.2 Å². The number of hydrogen-bond donors (Lipinski definition) is 2. The van der Waals surface area contributed by atoms with E-state index in [2.05, 4.69) is 29.7 Å². The highest BCUT2D eigenvalue weighted by Gasteiger charge is 2.34. The average molecular weight is 244 g/mol. The molecule has 1 aliphatic carbocycles. The maximum atomic E-state index is 12.1. The second-order valence-electron chi connectivity index (χ2n) is 5.83. The third-order valence-electron chi connectivity index (χ3n) is 4.27. The Morgan fingerprint density at radius 1 is 1.44 bits per heavy atom.